The Kier molecular flexibility index (Phi) is 12.2. The van der Waals surface area contributed by atoms with Gasteiger partial charge < -0.3 is 20.1 Å². The fourth-order valence-corrected chi connectivity index (χ4v) is 4.15. The number of halogens is 1. The van der Waals surface area contributed by atoms with Crippen molar-refractivity contribution in [1.82, 2.24) is 15.5 Å². The minimum absolute atomic E-state index is 0. The summed E-state index contributed by atoms with van der Waals surface area (Å²) in [5.41, 5.74) is 3.71. The molecule has 1 saturated heterocycles. The number of ether oxygens (including phenoxy) is 2. The summed E-state index contributed by atoms with van der Waals surface area (Å²) in [6, 6.07) is 14.8. The highest BCUT2D eigenvalue weighted by Gasteiger charge is 2.10. The van der Waals surface area contributed by atoms with Crippen molar-refractivity contribution in [3.63, 3.8) is 0 Å². The molecule has 1 heterocycles. The molecular weight excluding hydrogens is 535 g/mol. The van der Waals surface area contributed by atoms with Crippen molar-refractivity contribution >= 4 is 41.7 Å². The molecule has 2 aromatic carbocycles. The molecule has 0 saturated carbocycles. The Hall–Kier alpha value is -1.49. The third kappa shape index (κ3) is 8.80. The van der Waals surface area contributed by atoms with Crippen molar-refractivity contribution in [3.05, 3.63) is 59.2 Å². The SMILES string of the molecule is CN=C(NCc1cccc(OCCN2CCOCC2)c1)NCc1ccc(C)cc1SC.I. The van der Waals surface area contributed by atoms with Gasteiger partial charge in [0.15, 0.2) is 5.96 Å². The summed E-state index contributed by atoms with van der Waals surface area (Å²) in [5, 5.41) is 6.81. The number of nitrogens with one attached hydrogen (secondary N) is 2. The maximum Gasteiger partial charge on any atom is 0.191 e. The summed E-state index contributed by atoms with van der Waals surface area (Å²) in [7, 11) is 1.80. The molecule has 6 nitrogen and oxygen atoms in total. The molecule has 2 aromatic rings. The number of thioether (sulfide) groups is 1. The first-order valence-corrected chi connectivity index (χ1v) is 12.0. The van der Waals surface area contributed by atoms with Crippen LogP contribution < -0.4 is 15.4 Å². The Morgan fingerprint density at radius 1 is 1.12 bits per heavy atom. The smallest absolute Gasteiger partial charge is 0.191 e. The van der Waals surface area contributed by atoms with E-state index in [1.807, 2.05) is 12.1 Å². The maximum absolute atomic E-state index is 5.96. The molecule has 0 radical (unpaired) electrons. The van der Waals surface area contributed by atoms with E-state index in [9.17, 15) is 0 Å². The van der Waals surface area contributed by atoms with Crippen molar-refractivity contribution in [2.24, 2.45) is 4.99 Å². The van der Waals surface area contributed by atoms with E-state index in [1.54, 1.807) is 18.8 Å². The number of rotatable bonds is 9. The molecule has 0 unspecified atom stereocenters. The first kappa shape index (κ1) is 26.8. The molecule has 0 bridgehead atoms. The summed E-state index contributed by atoms with van der Waals surface area (Å²) in [5.74, 6) is 1.69. The molecule has 176 valence electrons. The van der Waals surface area contributed by atoms with Crippen LogP contribution in [0.4, 0.5) is 0 Å². The molecule has 0 aromatic heterocycles. The van der Waals surface area contributed by atoms with Crippen LogP contribution in [0.25, 0.3) is 0 Å². The number of morpholine rings is 1. The minimum Gasteiger partial charge on any atom is -0.492 e. The van der Waals surface area contributed by atoms with Gasteiger partial charge in [0.2, 0.25) is 0 Å². The van der Waals surface area contributed by atoms with Crippen LogP contribution in [-0.2, 0) is 17.8 Å². The van der Waals surface area contributed by atoms with E-state index in [1.165, 1.54) is 16.0 Å². The third-order valence-electron chi connectivity index (χ3n) is 5.25. The number of aryl methyl sites for hydroxylation is 1. The Balaban J connectivity index is 0.00000363. The molecule has 1 fully saturated rings. The zero-order chi connectivity index (χ0) is 21.9. The van der Waals surface area contributed by atoms with Crippen LogP contribution in [0.5, 0.6) is 5.75 Å². The van der Waals surface area contributed by atoms with Gasteiger partial charge in [0.05, 0.1) is 13.2 Å². The quantitative estimate of drug-likeness (QED) is 0.207. The average molecular weight is 571 g/mol. The predicted molar refractivity (Wildman–Crippen MR) is 145 cm³/mol. The number of guanidine groups is 1. The Morgan fingerprint density at radius 3 is 2.66 bits per heavy atom. The van der Waals surface area contributed by atoms with Gasteiger partial charge >= 0.3 is 0 Å². The highest BCUT2D eigenvalue weighted by atomic mass is 127. The second-order valence-electron chi connectivity index (χ2n) is 7.54. The Bertz CT molecular complexity index is 860. The number of nitrogens with zero attached hydrogens (tertiary/aromatic N) is 2. The fourth-order valence-electron chi connectivity index (χ4n) is 3.45. The summed E-state index contributed by atoms with van der Waals surface area (Å²) in [6.45, 7) is 8.77. The van der Waals surface area contributed by atoms with Crippen molar-refractivity contribution in [3.8, 4) is 5.75 Å². The van der Waals surface area contributed by atoms with Gasteiger partial charge in [-0.3, -0.25) is 9.89 Å². The summed E-state index contributed by atoms with van der Waals surface area (Å²) < 4.78 is 11.4. The molecule has 0 aliphatic carbocycles. The number of benzene rings is 2. The van der Waals surface area contributed by atoms with E-state index >= 15 is 0 Å². The van der Waals surface area contributed by atoms with Crippen LogP contribution in [0.2, 0.25) is 0 Å². The predicted octanol–water partition coefficient (Wildman–Crippen LogP) is 3.91. The molecule has 2 N–H and O–H groups in total. The van der Waals surface area contributed by atoms with Crippen molar-refractivity contribution in [2.75, 3.05) is 52.8 Å². The van der Waals surface area contributed by atoms with Crippen LogP contribution in [0.1, 0.15) is 16.7 Å². The van der Waals surface area contributed by atoms with Crippen LogP contribution in [0.15, 0.2) is 52.4 Å². The van der Waals surface area contributed by atoms with E-state index in [4.69, 9.17) is 9.47 Å². The molecule has 3 rings (SSSR count). The lowest BCUT2D eigenvalue weighted by Crippen LogP contribution is -2.38. The van der Waals surface area contributed by atoms with E-state index in [-0.39, 0.29) is 24.0 Å². The van der Waals surface area contributed by atoms with Crippen LogP contribution in [0.3, 0.4) is 0 Å². The highest BCUT2D eigenvalue weighted by molar-refractivity contribution is 14.0. The lowest BCUT2D eigenvalue weighted by Gasteiger charge is -2.26. The van der Waals surface area contributed by atoms with E-state index in [0.29, 0.717) is 13.2 Å². The normalized spacial score (nSPS) is 14.5. The van der Waals surface area contributed by atoms with Gasteiger partial charge in [-0.1, -0.05) is 24.3 Å². The monoisotopic (exact) mass is 570 g/mol. The highest BCUT2D eigenvalue weighted by Crippen LogP contribution is 2.21. The molecule has 1 aliphatic rings. The topological polar surface area (TPSA) is 58.1 Å². The Labute approximate surface area is 213 Å². The Morgan fingerprint density at radius 2 is 1.91 bits per heavy atom. The van der Waals surface area contributed by atoms with Crippen LogP contribution >= 0.6 is 35.7 Å². The first-order chi connectivity index (χ1) is 15.2. The largest absolute Gasteiger partial charge is 0.492 e. The zero-order valence-corrected chi connectivity index (χ0v) is 22.4. The van der Waals surface area contributed by atoms with Crippen molar-refractivity contribution < 1.29 is 9.47 Å². The first-order valence-electron chi connectivity index (χ1n) is 10.8. The zero-order valence-electron chi connectivity index (χ0n) is 19.2. The van der Waals surface area contributed by atoms with Gasteiger partial charge in [0.1, 0.15) is 12.4 Å². The molecule has 32 heavy (non-hydrogen) atoms. The van der Waals surface area contributed by atoms with E-state index in [0.717, 1.165) is 56.7 Å². The second-order valence-corrected chi connectivity index (χ2v) is 8.39. The third-order valence-corrected chi connectivity index (χ3v) is 6.07. The molecule has 1 aliphatic heterocycles. The summed E-state index contributed by atoms with van der Waals surface area (Å²) in [4.78, 5) is 8.03. The molecular formula is C24H35IN4O2S. The van der Waals surface area contributed by atoms with Gasteiger partial charge in [-0.2, -0.15) is 0 Å². The van der Waals surface area contributed by atoms with Crippen LogP contribution in [-0.4, -0.2) is 63.6 Å². The van der Waals surface area contributed by atoms with Gasteiger partial charge in [0.25, 0.3) is 0 Å². The number of aliphatic imine (C=N–C) groups is 1. The number of hydrogen-bond acceptors (Lipinski definition) is 5. The molecule has 0 atom stereocenters. The van der Waals surface area contributed by atoms with Gasteiger partial charge in [0, 0.05) is 44.7 Å². The lowest BCUT2D eigenvalue weighted by molar-refractivity contribution is 0.0322. The summed E-state index contributed by atoms with van der Waals surface area (Å²) >= 11 is 1.77. The van der Waals surface area contributed by atoms with E-state index in [2.05, 4.69) is 64.0 Å². The average Bonchev–Trinajstić information content (AvgIpc) is 2.81. The standard InChI is InChI=1S/C24H34N4O2S.HI/c1-19-7-8-21(23(15-19)31-3)18-27-24(25-2)26-17-20-5-4-6-22(16-20)30-14-11-28-9-12-29-13-10-28;/h4-8,15-16H,9-14,17-18H2,1-3H3,(H2,25,26,27);1H. The number of hydrogen-bond donors (Lipinski definition) is 2. The van der Waals surface area contributed by atoms with E-state index < -0.39 is 0 Å². The van der Waals surface area contributed by atoms with Gasteiger partial charge in [-0.25, -0.2) is 0 Å². The molecule has 8 heteroatoms. The van der Waals surface area contributed by atoms with Crippen molar-refractivity contribution in [2.45, 2.75) is 24.9 Å². The van der Waals surface area contributed by atoms with Crippen molar-refractivity contribution in [1.29, 1.82) is 0 Å². The summed E-state index contributed by atoms with van der Waals surface area (Å²) in [6.07, 6.45) is 2.11. The fraction of sp³-hybridized carbons (Fsp3) is 0.458. The van der Waals surface area contributed by atoms with Crippen LogP contribution in [0, 0.1) is 6.92 Å². The maximum atomic E-state index is 5.96. The lowest BCUT2D eigenvalue weighted by atomic mass is 10.1. The second kappa shape index (κ2) is 14.6. The minimum atomic E-state index is 0. The molecule has 0 spiro atoms. The molecule has 0 amide bonds. The van der Waals surface area contributed by atoms with Gasteiger partial charge in [-0.15, -0.1) is 35.7 Å². The van der Waals surface area contributed by atoms with Gasteiger partial charge in [-0.05, 0) is 48.1 Å².